The molecule has 0 unspecified atom stereocenters. The molecule has 0 saturated heterocycles. The van der Waals surface area contributed by atoms with Gasteiger partial charge >= 0.3 is 6.18 Å². The molecule has 4 nitrogen and oxygen atoms in total. The second kappa shape index (κ2) is 17.1. The number of fused-ring (bicyclic) bond motifs is 10. The first-order chi connectivity index (χ1) is 33.3. The van der Waals surface area contributed by atoms with E-state index in [1.807, 2.05) is 24.3 Å². The number of halogens is 3. The zero-order valence-corrected chi connectivity index (χ0v) is 38.1. The van der Waals surface area contributed by atoms with Crippen LogP contribution in [0.3, 0.4) is 0 Å². The Bertz CT molecular complexity index is 3750. The minimum absolute atomic E-state index is 0. The number of hydrogen-bond acceptors (Lipinski definition) is 3. The first-order valence-corrected chi connectivity index (χ1v) is 21.1. The number of aromatic nitrogens is 3. The zero-order chi connectivity index (χ0) is 49.4. The van der Waals surface area contributed by atoms with E-state index in [4.69, 9.17) is 17.6 Å². The maximum atomic E-state index is 13.7. The molecule has 0 amide bonds. The van der Waals surface area contributed by atoms with Crippen molar-refractivity contribution in [2.75, 3.05) is 0 Å². The average molecular weight is 1040 g/mol. The third-order valence-electron chi connectivity index (χ3n) is 11.9. The van der Waals surface area contributed by atoms with Crippen LogP contribution >= 0.6 is 0 Å². The summed E-state index contributed by atoms with van der Waals surface area (Å²) in [6.45, 7) is 4.60. The molecule has 3 aromatic heterocycles. The molecule has 0 atom stereocenters. The van der Waals surface area contributed by atoms with Crippen LogP contribution in [0.1, 0.15) is 75.6 Å². The Morgan fingerprint density at radius 3 is 2.03 bits per heavy atom. The number of furan rings is 1. The monoisotopic (exact) mass is 1040 g/mol. The standard InChI is InChI=1S/C44H32F3N2O.C13H12N.Ir/c1-24(2)34-23-35-29-14-6-5-12-27(29)28-13-7-8-15-31(28)40(35)39(25(3)4)41(34)49-37-19-10-9-18-36(37)48-43(49)33-17-11-16-32-30-21-20-26(44(45,46)47)22-38(30)50-42(32)33;1-10-3-6-12(7-4-10)13-8-5-11(2)9-14-13;/h5-16,18-25H,1-4H3;3-6,8-9H,1-2H3;/q2*-1;/i;1D3,2D3;. The number of pyridine rings is 1. The van der Waals surface area contributed by atoms with E-state index < -0.39 is 25.4 Å². The van der Waals surface area contributed by atoms with Crippen molar-refractivity contribution in [2.24, 2.45) is 0 Å². The Balaban J connectivity index is 0.000000251. The van der Waals surface area contributed by atoms with Gasteiger partial charge in [0.2, 0.25) is 0 Å². The fraction of sp³-hybridized carbons (Fsp3) is 0.158. The van der Waals surface area contributed by atoms with E-state index in [0.29, 0.717) is 39.0 Å². The number of rotatable bonds is 5. The zero-order valence-electron chi connectivity index (χ0n) is 41.7. The van der Waals surface area contributed by atoms with Gasteiger partial charge in [0.25, 0.3) is 0 Å². The second-order valence-corrected chi connectivity index (χ2v) is 16.6. The van der Waals surface area contributed by atoms with E-state index in [0.717, 1.165) is 28.9 Å². The Kier molecular flexibility index (Phi) is 9.64. The first kappa shape index (κ1) is 36.7. The van der Waals surface area contributed by atoms with Gasteiger partial charge in [0.05, 0.1) is 28.0 Å². The molecule has 3 heterocycles. The van der Waals surface area contributed by atoms with Crippen LogP contribution in [0, 0.1) is 25.8 Å². The third kappa shape index (κ3) is 7.69. The van der Waals surface area contributed by atoms with E-state index in [2.05, 4.69) is 110 Å². The van der Waals surface area contributed by atoms with Gasteiger partial charge in [-0.15, -0.1) is 53.6 Å². The molecule has 0 aliphatic heterocycles. The minimum Gasteiger partial charge on any atom is -0.501 e. The summed E-state index contributed by atoms with van der Waals surface area (Å²) in [4.78, 5) is 9.30. The molecule has 0 bridgehead atoms. The molecule has 65 heavy (non-hydrogen) atoms. The van der Waals surface area contributed by atoms with E-state index in [9.17, 15) is 13.2 Å². The van der Waals surface area contributed by atoms with Crippen molar-refractivity contribution in [1.82, 2.24) is 14.5 Å². The molecular weight excluding hydrogens is 992 g/mol. The maximum absolute atomic E-state index is 13.7. The largest absolute Gasteiger partial charge is 0.501 e. The summed E-state index contributed by atoms with van der Waals surface area (Å²) in [5, 5.41) is 8.59. The van der Waals surface area contributed by atoms with Crippen molar-refractivity contribution in [3.63, 3.8) is 0 Å². The van der Waals surface area contributed by atoms with Crippen molar-refractivity contribution >= 4 is 65.3 Å². The summed E-state index contributed by atoms with van der Waals surface area (Å²) >= 11 is 0. The van der Waals surface area contributed by atoms with Crippen LogP contribution in [0.2, 0.25) is 0 Å². The van der Waals surface area contributed by atoms with E-state index >= 15 is 0 Å². The number of hydrogen-bond donors (Lipinski definition) is 0. The van der Waals surface area contributed by atoms with Gasteiger partial charge in [0.15, 0.2) is 0 Å². The van der Waals surface area contributed by atoms with Gasteiger partial charge in [0.1, 0.15) is 5.58 Å². The predicted octanol–water partition coefficient (Wildman–Crippen LogP) is 16.3. The second-order valence-electron chi connectivity index (χ2n) is 16.6. The fourth-order valence-electron chi connectivity index (χ4n) is 9.00. The SMILES string of the molecule is CC(C)c1cc2c3ccccc3c3ccccc3c2c(C(C)C)c1-n1c(-c2[c-]ccc3c2oc2cc(C(F)(F)F)ccc23)nc2ccccc21.[2H]C([2H])([2H])c1c[c-]c(-c2ccc(C([2H])([2H])[2H])cn2)cc1.[Ir]. The van der Waals surface area contributed by atoms with Gasteiger partial charge in [-0.2, -0.15) is 13.2 Å². The molecule has 0 N–H and O–H groups in total. The van der Waals surface area contributed by atoms with Gasteiger partial charge in [0, 0.05) is 45.6 Å². The number of nitrogens with zero attached hydrogens (tertiary/aromatic N) is 3. The molecule has 0 aliphatic carbocycles. The molecule has 0 aliphatic rings. The van der Waals surface area contributed by atoms with E-state index in [1.165, 1.54) is 73.9 Å². The van der Waals surface area contributed by atoms with Crippen LogP contribution in [0.25, 0.3) is 93.6 Å². The molecule has 11 rings (SSSR count). The topological polar surface area (TPSA) is 43.9 Å². The van der Waals surface area contributed by atoms with Gasteiger partial charge in [-0.3, -0.25) is 4.98 Å². The molecule has 1 radical (unpaired) electrons. The molecule has 325 valence electrons. The average Bonchev–Trinajstić information content (AvgIpc) is 3.91. The Morgan fingerprint density at radius 2 is 1.37 bits per heavy atom. The Morgan fingerprint density at radius 1 is 0.677 bits per heavy atom. The Labute approximate surface area is 397 Å². The van der Waals surface area contributed by atoms with Crippen LogP contribution in [0.5, 0.6) is 0 Å². The van der Waals surface area contributed by atoms with E-state index in [1.54, 1.807) is 18.2 Å². The number of para-hydroxylation sites is 2. The number of aryl methyl sites for hydroxylation is 2. The van der Waals surface area contributed by atoms with Crippen molar-refractivity contribution < 1.29 is 45.9 Å². The quantitative estimate of drug-likeness (QED) is 0.127. The molecule has 0 saturated carbocycles. The van der Waals surface area contributed by atoms with Crippen LogP contribution in [-0.4, -0.2) is 14.5 Å². The van der Waals surface area contributed by atoms with Crippen LogP contribution in [0.4, 0.5) is 13.2 Å². The minimum atomic E-state index is -4.48. The van der Waals surface area contributed by atoms with Crippen molar-refractivity contribution in [3.05, 3.63) is 186 Å². The number of alkyl halides is 3. The van der Waals surface area contributed by atoms with Crippen molar-refractivity contribution in [2.45, 2.75) is 59.4 Å². The van der Waals surface area contributed by atoms with Gasteiger partial charge in [-0.05, 0) is 104 Å². The molecule has 0 fully saturated rings. The summed E-state index contributed by atoms with van der Waals surface area (Å²) in [6.07, 6.45) is -3.18. The third-order valence-corrected chi connectivity index (χ3v) is 11.9. The normalized spacial score (nSPS) is 13.7. The summed E-state index contributed by atoms with van der Waals surface area (Å²) in [5.41, 5.74) is 7.20. The van der Waals surface area contributed by atoms with Gasteiger partial charge in [-0.25, -0.2) is 0 Å². The molecule has 11 aromatic rings. The predicted molar refractivity (Wildman–Crippen MR) is 256 cm³/mol. The smallest absolute Gasteiger partial charge is 0.416 e. The van der Waals surface area contributed by atoms with Crippen LogP contribution in [-0.2, 0) is 26.3 Å². The fourth-order valence-corrected chi connectivity index (χ4v) is 9.00. The molecule has 0 spiro atoms. The Hall–Kier alpha value is -6.60. The summed E-state index contributed by atoms with van der Waals surface area (Å²) in [5.74, 6) is 0.898. The van der Waals surface area contributed by atoms with Gasteiger partial charge in [-0.1, -0.05) is 124 Å². The summed E-state index contributed by atoms with van der Waals surface area (Å²) < 4.78 is 93.3. The van der Waals surface area contributed by atoms with Crippen molar-refractivity contribution in [1.29, 1.82) is 0 Å². The first-order valence-electron chi connectivity index (χ1n) is 24.1. The molecule has 8 heteroatoms. The van der Waals surface area contributed by atoms with Crippen LogP contribution < -0.4 is 0 Å². The van der Waals surface area contributed by atoms with Crippen molar-refractivity contribution in [3.8, 4) is 28.3 Å². The van der Waals surface area contributed by atoms with Crippen LogP contribution in [0.15, 0.2) is 150 Å². The summed E-state index contributed by atoms with van der Waals surface area (Å²) in [6, 6.07) is 48.9. The van der Waals surface area contributed by atoms with E-state index in [-0.39, 0.29) is 48.7 Å². The number of imidazole rings is 1. The molecular formula is C57H44F3IrN3O-2. The molecule has 8 aromatic carbocycles. The number of benzene rings is 8. The summed E-state index contributed by atoms with van der Waals surface area (Å²) in [7, 11) is 0. The maximum Gasteiger partial charge on any atom is 0.416 e. The van der Waals surface area contributed by atoms with Gasteiger partial charge < -0.3 is 14.0 Å².